The Labute approximate surface area is 159 Å². The van der Waals surface area contributed by atoms with Crippen molar-refractivity contribution in [3.05, 3.63) is 52.2 Å². The van der Waals surface area contributed by atoms with Gasteiger partial charge >= 0.3 is 6.03 Å². The summed E-state index contributed by atoms with van der Waals surface area (Å²) in [4.78, 5) is 16.2. The molecule has 0 bridgehead atoms. The highest BCUT2D eigenvalue weighted by molar-refractivity contribution is 7.10. The third-order valence-corrected chi connectivity index (χ3v) is 6.54. The number of fused-ring (bicyclic) bond motifs is 1. The predicted octanol–water partition coefficient (Wildman–Crippen LogP) is 4.48. The number of anilines is 1. The van der Waals surface area contributed by atoms with Crippen LogP contribution in [0.4, 0.5) is 10.5 Å². The third-order valence-electron chi connectivity index (χ3n) is 5.57. The van der Waals surface area contributed by atoms with Gasteiger partial charge in [0.05, 0.1) is 6.04 Å². The molecule has 1 aromatic carbocycles. The molecule has 4 rings (SSSR count). The average molecular weight is 370 g/mol. The highest BCUT2D eigenvalue weighted by Crippen LogP contribution is 2.36. The van der Waals surface area contributed by atoms with E-state index in [-0.39, 0.29) is 12.1 Å². The molecule has 0 unspecified atom stereocenters. The van der Waals surface area contributed by atoms with Crippen LogP contribution >= 0.6 is 11.3 Å². The van der Waals surface area contributed by atoms with Crippen LogP contribution in [0.25, 0.3) is 0 Å². The van der Waals surface area contributed by atoms with Gasteiger partial charge in [-0.3, -0.25) is 0 Å². The van der Waals surface area contributed by atoms with Gasteiger partial charge < -0.3 is 15.5 Å². The number of benzene rings is 1. The summed E-state index contributed by atoms with van der Waals surface area (Å²) in [6.07, 6.45) is 7.06. The van der Waals surface area contributed by atoms with Crippen LogP contribution in [-0.2, 0) is 6.42 Å². The summed E-state index contributed by atoms with van der Waals surface area (Å²) in [6.45, 7) is 1.64. The maximum Gasteiger partial charge on any atom is 0.315 e. The summed E-state index contributed by atoms with van der Waals surface area (Å²) in [7, 11) is 0. The number of hydrogen-bond donors (Lipinski definition) is 2. The lowest BCUT2D eigenvalue weighted by atomic mass is 9.96. The molecule has 0 spiro atoms. The standard InChI is InChI=1S/C21H27N3OS/c25-21(23-17-8-2-1-3-9-17)22-15-19(20-11-6-14-26-20)24-13-12-16-7-4-5-10-18(16)24/h4-7,10-11,14,17,19H,1-3,8-9,12-13,15H2,(H2,22,23,25)/t19-/m0/s1. The first-order valence-electron chi connectivity index (χ1n) is 9.73. The Morgan fingerprint density at radius 2 is 2.00 bits per heavy atom. The minimum atomic E-state index is -0.0223. The fourth-order valence-electron chi connectivity index (χ4n) is 4.21. The van der Waals surface area contributed by atoms with E-state index in [1.165, 1.54) is 35.4 Å². The minimum Gasteiger partial charge on any atom is -0.361 e. The van der Waals surface area contributed by atoms with E-state index in [9.17, 15) is 4.79 Å². The van der Waals surface area contributed by atoms with Gasteiger partial charge in [0.25, 0.3) is 0 Å². The maximum absolute atomic E-state index is 12.4. The number of amides is 2. The Bertz CT molecular complexity index is 725. The number of thiophene rings is 1. The first-order valence-corrected chi connectivity index (χ1v) is 10.6. The Hall–Kier alpha value is -2.01. The first kappa shape index (κ1) is 17.4. The Morgan fingerprint density at radius 1 is 1.15 bits per heavy atom. The summed E-state index contributed by atoms with van der Waals surface area (Å²) in [5, 5.41) is 8.42. The fraction of sp³-hybridized carbons (Fsp3) is 0.476. The lowest BCUT2D eigenvalue weighted by Gasteiger charge is -2.30. The predicted molar refractivity (Wildman–Crippen MR) is 108 cm³/mol. The molecule has 138 valence electrons. The Balaban J connectivity index is 1.43. The molecule has 2 aliphatic rings. The molecule has 1 aliphatic heterocycles. The summed E-state index contributed by atoms with van der Waals surface area (Å²) < 4.78 is 0. The van der Waals surface area contributed by atoms with E-state index in [1.807, 2.05) is 0 Å². The van der Waals surface area contributed by atoms with Crippen molar-refractivity contribution in [2.24, 2.45) is 0 Å². The molecule has 0 radical (unpaired) electrons. The van der Waals surface area contributed by atoms with E-state index in [1.54, 1.807) is 11.3 Å². The molecule has 1 aromatic heterocycles. The molecule has 1 aliphatic carbocycles. The molecular formula is C21H27N3OS. The van der Waals surface area contributed by atoms with Crippen molar-refractivity contribution in [2.45, 2.75) is 50.6 Å². The number of hydrogen-bond acceptors (Lipinski definition) is 3. The van der Waals surface area contributed by atoms with Gasteiger partial charge in [-0.2, -0.15) is 0 Å². The van der Waals surface area contributed by atoms with Crippen molar-refractivity contribution in [1.29, 1.82) is 0 Å². The molecule has 1 saturated carbocycles. The van der Waals surface area contributed by atoms with Gasteiger partial charge in [0.1, 0.15) is 0 Å². The van der Waals surface area contributed by atoms with Gasteiger partial charge in [0.2, 0.25) is 0 Å². The zero-order valence-electron chi connectivity index (χ0n) is 15.1. The molecule has 26 heavy (non-hydrogen) atoms. The topological polar surface area (TPSA) is 44.4 Å². The van der Waals surface area contributed by atoms with E-state index in [0.717, 1.165) is 25.8 Å². The number of carbonyl (C=O) groups excluding carboxylic acids is 1. The van der Waals surface area contributed by atoms with Crippen LogP contribution in [0.1, 0.15) is 48.6 Å². The number of nitrogens with zero attached hydrogens (tertiary/aromatic N) is 1. The van der Waals surface area contributed by atoms with Crippen LogP contribution in [0, 0.1) is 0 Å². The minimum absolute atomic E-state index is 0.0223. The van der Waals surface area contributed by atoms with Crippen LogP contribution in [-0.4, -0.2) is 25.2 Å². The summed E-state index contributed by atoms with van der Waals surface area (Å²) in [5.74, 6) is 0. The van der Waals surface area contributed by atoms with Gasteiger partial charge in [-0.1, -0.05) is 43.5 Å². The van der Waals surface area contributed by atoms with Crippen molar-refractivity contribution in [3.8, 4) is 0 Å². The number of para-hydroxylation sites is 1. The van der Waals surface area contributed by atoms with Gasteiger partial charge in [-0.15, -0.1) is 11.3 Å². The van der Waals surface area contributed by atoms with Crippen molar-refractivity contribution >= 4 is 23.1 Å². The number of rotatable bonds is 5. The van der Waals surface area contributed by atoms with Gasteiger partial charge in [0, 0.05) is 29.7 Å². The van der Waals surface area contributed by atoms with E-state index < -0.39 is 0 Å². The number of nitrogens with one attached hydrogen (secondary N) is 2. The summed E-state index contributed by atoms with van der Waals surface area (Å²) >= 11 is 1.77. The molecule has 1 fully saturated rings. The van der Waals surface area contributed by atoms with E-state index in [2.05, 4.69) is 57.3 Å². The molecule has 4 nitrogen and oxygen atoms in total. The fourth-order valence-corrected chi connectivity index (χ4v) is 5.04. The molecule has 5 heteroatoms. The van der Waals surface area contributed by atoms with Crippen molar-refractivity contribution < 1.29 is 4.79 Å². The highest BCUT2D eigenvalue weighted by atomic mass is 32.1. The summed E-state index contributed by atoms with van der Waals surface area (Å²) in [6, 6.07) is 13.4. The lowest BCUT2D eigenvalue weighted by Crippen LogP contribution is -2.45. The number of urea groups is 1. The van der Waals surface area contributed by atoms with Gasteiger partial charge in [0.15, 0.2) is 0 Å². The largest absolute Gasteiger partial charge is 0.361 e. The monoisotopic (exact) mass is 369 g/mol. The van der Waals surface area contributed by atoms with Crippen molar-refractivity contribution in [3.63, 3.8) is 0 Å². The Morgan fingerprint density at radius 3 is 2.81 bits per heavy atom. The molecule has 2 amide bonds. The third kappa shape index (κ3) is 3.88. The second-order valence-corrected chi connectivity index (χ2v) is 8.27. The van der Waals surface area contributed by atoms with Crippen LogP contribution in [0.15, 0.2) is 41.8 Å². The van der Waals surface area contributed by atoms with Crippen LogP contribution < -0.4 is 15.5 Å². The Kier molecular flexibility index (Phi) is 5.44. The highest BCUT2D eigenvalue weighted by Gasteiger charge is 2.28. The van der Waals surface area contributed by atoms with Crippen molar-refractivity contribution in [2.75, 3.05) is 18.0 Å². The van der Waals surface area contributed by atoms with E-state index >= 15 is 0 Å². The molecular weight excluding hydrogens is 342 g/mol. The first-order chi connectivity index (χ1) is 12.8. The van der Waals surface area contributed by atoms with Gasteiger partial charge in [-0.25, -0.2) is 4.79 Å². The van der Waals surface area contributed by atoms with Crippen molar-refractivity contribution in [1.82, 2.24) is 10.6 Å². The second-order valence-electron chi connectivity index (χ2n) is 7.29. The van der Waals surface area contributed by atoms with Crippen LogP contribution in [0.5, 0.6) is 0 Å². The average Bonchev–Trinajstić information content (AvgIpc) is 3.34. The summed E-state index contributed by atoms with van der Waals surface area (Å²) in [5.41, 5.74) is 2.71. The zero-order valence-corrected chi connectivity index (χ0v) is 15.9. The van der Waals surface area contributed by atoms with Crippen LogP contribution in [0.3, 0.4) is 0 Å². The maximum atomic E-state index is 12.4. The van der Waals surface area contributed by atoms with E-state index in [0.29, 0.717) is 12.6 Å². The zero-order chi connectivity index (χ0) is 17.8. The second kappa shape index (κ2) is 8.12. The molecule has 2 heterocycles. The number of carbonyl (C=O) groups is 1. The molecule has 2 N–H and O–H groups in total. The SMILES string of the molecule is O=C(NC[C@@H](c1cccs1)N1CCc2ccccc21)NC1CCCCC1. The molecule has 1 atom stereocenters. The molecule has 2 aromatic rings. The van der Waals surface area contributed by atoms with E-state index in [4.69, 9.17) is 0 Å². The van der Waals surface area contributed by atoms with Crippen LogP contribution in [0.2, 0.25) is 0 Å². The lowest BCUT2D eigenvalue weighted by molar-refractivity contribution is 0.232. The normalized spacial score (nSPS) is 18.4. The quantitative estimate of drug-likeness (QED) is 0.816. The smallest absolute Gasteiger partial charge is 0.315 e. The molecule has 0 saturated heterocycles. The van der Waals surface area contributed by atoms with Gasteiger partial charge in [-0.05, 0) is 42.3 Å².